The van der Waals surface area contributed by atoms with E-state index in [1.807, 2.05) is 55.5 Å². The number of benzene rings is 3. The molecule has 0 atom stereocenters. The standard InChI is InChI=1S/C26H29N3O3S/c1-20-5-7-21(8-6-20)19-29(33(2,31)32)25-13-9-22(10-14-25)26(30)27-23-11-15-24(16-12-23)28-17-3-4-18-28/h5-16H,3-4,17-19H2,1-2H3,(H,27,30). The SMILES string of the molecule is Cc1ccc(CN(c2ccc(C(=O)Nc3ccc(N4CCCC4)cc3)cc2)S(C)(=O)=O)cc1. The molecular weight excluding hydrogens is 434 g/mol. The van der Waals surface area contributed by atoms with Crippen molar-refractivity contribution in [2.45, 2.75) is 26.3 Å². The van der Waals surface area contributed by atoms with Crippen LogP contribution in [0, 0.1) is 6.92 Å². The highest BCUT2D eigenvalue weighted by Crippen LogP contribution is 2.24. The van der Waals surface area contributed by atoms with E-state index in [2.05, 4.69) is 10.2 Å². The Bertz CT molecular complexity index is 1200. The Balaban J connectivity index is 1.45. The van der Waals surface area contributed by atoms with Crippen LogP contribution in [0.25, 0.3) is 0 Å². The highest BCUT2D eigenvalue weighted by molar-refractivity contribution is 7.92. The van der Waals surface area contributed by atoms with E-state index in [1.165, 1.54) is 29.1 Å². The van der Waals surface area contributed by atoms with Gasteiger partial charge in [0.15, 0.2) is 0 Å². The topological polar surface area (TPSA) is 69.7 Å². The molecule has 0 spiro atoms. The minimum absolute atomic E-state index is 0.230. The number of aryl methyl sites for hydroxylation is 1. The lowest BCUT2D eigenvalue weighted by Crippen LogP contribution is -2.29. The lowest BCUT2D eigenvalue weighted by Gasteiger charge is -2.23. The number of anilines is 3. The summed E-state index contributed by atoms with van der Waals surface area (Å²) in [5, 5.41) is 2.91. The molecule has 0 aromatic heterocycles. The van der Waals surface area contributed by atoms with Crippen molar-refractivity contribution in [2.24, 2.45) is 0 Å². The summed E-state index contributed by atoms with van der Waals surface area (Å²) in [4.78, 5) is 15.0. The fourth-order valence-corrected chi connectivity index (χ4v) is 4.86. The monoisotopic (exact) mass is 463 g/mol. The lowest BCUT2D eigenvalue weighted by molar-refractivity contribution is 0.102. The predicted octanol–water partition coefficient (Wildman–Crippen LogP) is 4.81. The first-order valence-corrected chi connectivity index (χ1v) is 12.9. The third kappa shape index (κ3) is 5.73. The smallest absolute Gasteiger partial charge is 0.255 e. The first-order chi connectivity index (χ1) is 15.8. The minimum Gasteiger partial charge on any atom is -0.372 e. The van der Waals surface area contributed by atoms with Crippen LogP contribution < -0.4 is 14.5 Å². The third-order valence-corrected chi connectivity index (χ3v) is 7.00. The molecule has 1 saturated heterocycles. The van der Waals surface area contributed by atoms with Crippen LogP contribution in [0.5, 0.6) is 0 Å². The fraction of sp³-hybridized carbons (Fsp3) is 0.269. The van der Waals surface area contributed by atoms with Gasteiger partial charge in [-0.25, -0.2) is 8.42 Å². The number of nitrogens with one attached hydrogen (secondary N) is 1. The number of carbonyl (C=O) groups excluding carboxylic acids is 1. The zero-order valence-electron chi connectivity index (χ0n) is 19.0. The maximum atomic E-state index is 12.7. The third-order valence-electron chi connectivity index (χ3n) is 5.86. The molecule has 1 heterocycles. The van der Waals surface area contributed by atoms with Gasteiger partial charge >= 0.3 is 0 Å². The Hall–Kier alpha value is -3.32. The van der Waals surface area contributed by atoms with E-state index in [1.54, 1.807) is 24.3 Å². The molecule has 1 amide bonds. The molecule has 6 nitrogen and oxygen atoms in total. The normalized spacial score (nSPS) is 13.7. The van der Waals surface area contributed by atoms with Crippen LogP contribution in [0.3, 0.4) is 0 Å². The van der Waals surface area contributed by atoms with Crippen molar-refractivity contribution < 1.29 is 13.2 Å². The van der Waals surface area contributed by atoms with Gasteiger partial charge in [0.05, 0.1) is 18.5 Å². The molecule has 33 heavy (non-hydrogen) atoms. The Kier molecular flexibility index (Phi) is 6.70. The number of rotatable bonds is 7. The molecule has 3 aromatic carbocycles. The average Bonchev–Trinajstić information content (AvgIpc) is 3.33. The Morgan fingerprint density at radius 1 is 0.909 bits per heavy atom. The molecule has 0 unspecified atom stereocenters. The summed E-state index contributed by atoms with van der Waals surface area (Å²) in [5.41, 5.74) is 4.89. The van der Waals surface area contributed by atoms with Crippen LogP contribution in [0.4, 0.5) is 17.1 Å². The van der Waals surface area contributed by atoms with E-state index >= 15 is 0 Å². The Labute approximate surface area is 195 Å². The molecule has 172 valence electrons. The van der Waals surface area contributed by atoms with Gasteiger partial charge in [-0.3, -0.25) is 9.10 Å². The zero-order valence-corrected chi connectivity index (χ0v) is 19.8. The van der Waals surface area contributed by atoms with E-state index in [0.717, 1.165) is 29.9 Å². The maximum Gasteiger partial charge on any atom is 0.255 e. The van der Waals surface area contributed by atoms with E-state index < -0.39 is 10.0 Å². The van der Waals surface area contributed by atoms with Crippen molar-refractivity contribution in [3.63, 3.8) is 0 Å². The predicted molar refractivity (Wildman–Crippen MR) is 134 cm³/mol. The molecule has 0 aliphatic carbocycles. The van der Waals surface area contributed by atoms with Gasteiger partial charge in [0.1, 0.15) is 0 Å². The largest absolute Gasteiger partial charge is 0.372 e. The van der Waals surface area contributed by atoms with Crippen molar-refractivity contribution in [2.75, 3.05) is 33.9 Å². The Morgan fingerprint density at radius 2 is 1.52 bits per heavy atom. The minimum atomic E-state index is -3.49. The van der Waals surface area contributed by atoms with Gasteiger partial charge in [-0.05, 0) is 73.9 Å². The van der Waals surface area contributed by atoms with Crippen molar-refractivity contribution in [1.29, 1.82) is 0 Å². The van der Waals surface area contributed by atoms with Crippen LogP contribution in [0.2, 0.25) is 0 Å². The second kappa shape index (κ2) is 9.67. The second-order valence-corrected chi connectivity index (χ2v) is 10.4. The van der Waals surface area contributed by atoms with E-state index in [0.29, 0.717) is 11.3 Å². The first kappa shape index (κ1) is 22.9. The molecule has 1 fully saturated rings. The van der Waals surface area contributed by atoms with E-state index in [-0.39, 0.29) is 12.5 Å². The number of hydrogen-bond acceptors (Lipinski definition) is 4. The zero-order chi connectivity index (χ0) is 23.4. The van der Waals surface area contributed by atoms with Crippen molar-refractivity contribution in [3.8, 4) is 0 Å². The van der Waals surface area contributed by atoms with Gasteiger partial charge in [-0.15, -0.1) is 0 Å². The molecule has 7 heteroatoms. The molecule has 0 bridgehead atoms. The van der Waals surface area contributed by atoms with Crippen LogP contribution in [0.15, 0.2) is 72.8 Å². The summed E-state index contributed by atoms with van der Waals surface area (Å²) in [6, 6.07) is 22.3. The molecule has 1 aliphatic heterocycles. The van der Waals surface area contributed by atoms with Crippen molar-refractivity contribution in [1.82, 2.24) is 0 Å². The fourth-order valence-electron chi connectivity index (χ4n) is 3.97. The number of carbonyl (C=O) groups is 1. The van der Waals surface area contributed by atoms with Gasteiger partial charge in [0.25, 0.3) is 5.91 Å². The highest BCUT2D eigenvalue weighted by atomic mass is 32.2. The van der Waals surface area contributed by atoms with Gasteiger partial charge < -0.3 is 10.2 Å². The molecule has 1 aliphatic rings. The first-order valence-electron chi connectivity index (χ1n) is 11.1. The summed E-state index contributed by atoms with van der Waals surface area (Å²) < 4.78 is 26.2. The molecule has 0 saturated carbocycles. The lowest BCUT2D eigenvalue weighted by atomic mass is 10.1. The molecule has 4 rings (SSSR count). The highest BCUT2D eigenvalue weighted by Gasteiger charge is 2.19. The van der Waals surface area contributed by atoms with Gasteiger partial charge in [-0.2, -0.15) is 0 Å². The van der Waals surface area contributed by atoms with Crippen molar-refractivity contribution >= 4 is 33.0 Å². The quantitative estimate of drug-likeness (QED) is 0.546. The van der Waals surface area contributed by atoms with Gasteiger partial charge in [-0.1, -0.05) is 29.8 Å². The molecule has 0 radical (unpaired) electrons. The number of nitrogens with zero attached hydrogens (tertiary/aromatic N) is 2. The summed E-state index contributed by atoms with van der Waals surface area (Å²) in [5.74, 6) is -0.236. The van der Waals surface area contributed by atoms with E-state index in [4.69, 9.17) is 0 Å². The van der Waals surface area contributed by atoms with Crippen LogP contribution in [-0.4, -0.2) is 33.7 Å². The summed E-state index contributed by atoms with van der Waals surface area (Å²) in [6.45, 7) is 4.37. The number of hydrogen-bond donors (Lipinski definition) is 1. The summed E-state index contributed by atoms with van der Waals surface area (Å²) in [7, 11) is -3.49. The number of sulfonamides is 1. The van der Waals surface area contributed by atoms with Crippen molar-refractivity contribution in [3.05, 3.63) is 89.5 Å². The summed E-state index contributed by atoms with van der Waals surface area (Å²) >= 11 is 0. The molecular formula is C26H29N3O3S. The molecule has 1 N–H and O–H groups in total. The number of amides is 1. The molecule has 3 aromatic rings. The van der Waals surface area contributed by atoms with Gasteiger partial charge in [0.2, 0.25) is 10.0 Å². The summed E-state index contributed by atoms with van der Waals surface area (Å²) in [6.07, 6.45) is 3.63. The van der Waals surface area contributed by atoms with Crippen LogP contribution in [-0.2, 0) is 16.6 Å². The average molecular weight is 464 g/mol. The maximum absolute atomic E-state index is 12.7. The van der Waals surface area contributed by atoms with E-state index in [9.17, 15) is 13.2 Å². The van der Waals surface area contributed by atoms with Crippen LogP contribution in [0.1, 0.15) is 34.3 Å². The van der Waals surface area contributed by atoms with Crippen LogP contribution >= 0.6 is 0 Å². The second-order valence-electron chi connectivity index (χ2n) is 8.50. The van der Waals surface area contributed by atoms with Gasteiger partial charge in [0, 0.05) is 30.0 Å². The Morgan fingerprint density at radius 3 is 2.09 bits per heavy atom.